The first-order valence-electron chi connectivity index (χ1n) is 4.78. The molecule has 1 saturated heterocycles. The summed E-state index contributed by atoms with van der Waals surface area (Å²) in [5, 5.41) is 0. The number of hydrogen-bond donors (Lipinski definition) is 0. The second-order valence-electron chi connectivity index (χ2n) is 2.96. The summed E-state index contributed by atoms with van der Waals surface area (Å²) in [6, 6.07) is 0. The summed E-state index contributed by atoms with van der Waals surface area (Å²) >= 11 is 0. The quantitative estimate of drug-likeness (QED) is 0.466. The Labute approximate surface area is 83.7 Å². The van der Waals surface area contributed by atoms with Crippen molar-refractivity contribution in [3.05, 3.63) is 0 Å². The Bertz CT molecular complexity index is 222. The predicted octanol–water partition coefficient (Wildman–Crippen LogP) is 0.893. The van der Waals surface area contributed by atoms with Gasteiger partial charge in [-0.3, -0.25) is 0 Å². The molecule has 1 rings (SSSR count). The molecule has 5 heteroatoms. The van der Waals surface area contributed by atoms with Gasteiger partial charge in [-0.05, 0) is 13.8 Å². The number of ether oxygens (including phenoxy) is 2. The first kappa shape index (κ1) is 11.0. The van der Waals surface area contributed by atoms with E-state index in [1.165, 1.54) is 0 Å². The molecule has 1 fully saturated rings. The Morgan fingerprint density at radius 1 is 1.50 bits per heavy atom. The minimum Gasteiger partial charge on any atom is -0.448 e. The first-order chi connectivity index (χ1) is 6.74. The molecule has 0 aromatic rings. The van der Waals surface area contributed by atoms with E-state index in [0.717, 1.165) is 13.1 Å². The van der Waals surface area contributed by atoms with Crippen LogP contribution in [0.5, 0.6) is 0 Å². The number of hydrogen-bond acceptors (Lipinski definition) is 3. The lowest BCUT2D eigenvalue weighted by molar-refractivity contribution is 0.0675. The van der Waals surface area contributed by atoms with Crippen molar-refractivity contribution in [2.45, 2.75) is 13.8 Å². The van der Waals surface area contributed by atoms with Crippen molar-refractivity contribution in [3.63, 3.8) is 0 Å². The zero-order valence-corrected chi connectivity index (χ0v) is 8.65. The average molecular weight is 200 g/mol. The van der Waals surface area contributed by atoms with Crippen LogP contribution in [0.4, 0.5) is 4.79 Å². The molecule has 14 heavy (non-hydrogen) atoms. The van der Waals surface area contributed by atoms with Crippen molar-refractivity contribution in [3.8, 4) is 0 Å². The summed E-state index contributed by atoms with van der Waals surface area (Å²) in [6.07, 6.45) is -0.517. The second-order valence-corrected chi connectivity index (χ2v) is 2.96. The maximum absolute atomic E-state index is 11.0. The molecule has 0 aromatic carbocycles. The Kier molecular flexibility index (Phi) is 4.39. The van der Waals surface area contributed by atoms with E-state index in [-0.39, 0.29) is 0 Å². The molecule has 0 bridgehead atoms. The average Bonchev–Trinajstić information content (AvgIpc) is 2.19. The van der Waals surface area contributed by atoms with Gasteiger partial charge in [0, 0.05) is 13.1 Å². The summed E-state index contributed by atoms with van der Waals surface area (Å²) < 4.78 is 9.91. The summed E-state index contributed by atoms with van der Waals surface area (Å²) in [5.41, 5.74) is 0. The van der Waals surface area contributed by atoms with E-state index in [1.54, 1.807) is 6.92 Å². The zero-order chi connectivity index (χ0) is 10.4. The normalized spacial score (nSPS) is 18.1. The first-order valence-corrected chi connectivity index (χ1v) is 4.78. The van der Waals surface area contributed by atoms with E-state index in [2.05, 4.69) is 4.99 Å². The van der Waals surface area contributed by atoms with E-state index in [9.17, 15) is 4.79 Å². The van der Waals surface area contributed by atoms with Crippen LogP contribution in [0, 0.1) is 0 Å². The SMILES string of the molecule is CCOC(=O)/N=C(/C)N1CCOCC1. The third-order valence-electron chi connectivity index (χ3n) is 1.99. The van der Waals surface area contributed by atoms with Crippen LogP contribution in [0.3, 0.4) is 0 Å². The topological polar surface area (TPSA) is 51.1 Å². The van der Waals surface area contributed by atoms with E-state index in [0.29, 0.717) is 25.7 Å². The number of aliphatic imine (C=N–C) groups is 1. The fraction of sp³-hybridized carbons (Fsp3) is 0.778. The number of rotatable bonds is 1. The van der Waals surface area contributed by atoms with Crippen LogP contribution in [-0.2, 0) is 9.47 Å². The fourth-order valence-electron chi connectivity index (χ4n) is 1.25. The maximum Gasteiger partial charge on any atom is 0.435 e. The minimum atomic E-state index is -0.517. The highest BCUT2D eigenvalue weighted by Gasteiger charge is 2.12. The van der Waals surface area contributed by atoms with E-state index in [1.807, 2.05) is 11.8 Å². The molecule has 1 amide bonds. The van der Waals surface area contributed by atoms with Crippen molar-refractivity contribution in [1.82, 2.24) is 4.90 Å². The molecule has 0 aromatic heterocycles. The molecule has 80 valence electrons. The molecular formula is C9H16N2O3. The lowest BCUT2D eigenvalue weighted by atomic mass is 10.4. The van der Waals surface area contributed by atoms with Crippen LogP contribution in [0.2, 0.25) is 0 Å². The Hall–Kier alpha value is -1.10. The van der Waals surface area contributed by atoms with Gasteiger partial charge in [-0.2, -0.15) is 4.99 Å². The summed E-state index contributed by atoms with van der Waals surface area (Å²) in [5.74, 6) is 0.701. The highest BCUT2D eigenvalue weighted by molar-refractivity contribution is 5.90. The van der Waals surface area contributed by atoms with Gasteiger partial charge in [-0.25, -0.2) is 4.79 Å². The number of carbonyl (C=O) groups excluding carboxylic acids is 1. The maximum atomic E-state index is 11.0. The lowest BCUT2D eigenvalue weighted by Crippen LogP contribution is -2.39. The van der Waals surface area contributed by atoms with Crippen molar-refractivity contribution in [1.29, 1.82) is 0 Å². The van der Waals surface area contributed by atoms with Gasteiger partial charge in [-0.15, -0.1) is 0 Å². The third-order valence-corrected chi connectivity index (χ3v) is 1.99. The van der Waals surface area contributed by atoms with Gasteiger partial charge in [-0.1, -0.05) is 0 Å². The van der Waals surface area contributed by atoms with Gasteiger partial charge < -0.3 is 14.4 Å². The van der Waals surface area contributed by atoms with Gasteiger partial charge in [0.1, 0.15) is 5.84 Å². The number of amidine groups is 1. The van der Waals surface area contributed by atoms with Gasteiger partial charge in [0.25, 0.3) is 0 Å². The standard InChI is InChI=1S/C9H16N2O3/c1-3-14-9(12)10-8(2)11-4-6-13-7-5-11/h3-7H2,1-2H3/b10-8-. The van der Waals surface area contributed by atoms with Crippen molar-refractivity contribution < 1.29 is 14.3 Å². The second kappa shape index (κ2) is 5.59. The van der Waals surface area contributed by atoms with Crippen molar-refractivity contribution in [2.24, 2.45) is 4.99 Å². The number of nitrogens with zero attached hydrogens (tertiary/aromatic N) is 2. The molecule has 1 aliphatic heterocycles. The van der Waals surface area contributed by atoms with Crippen molar-refractivity contribution >= 4 is 11.9 Å². The highest BCUT2D eigenvalue weighted by Crippen LogP contribution is 1.99. The van der Waals surface area contributed by atoms with Crippen molar-refractivity contribution in [2.75, 3.05) is 32.9 Å². The molecule has 0 atom stereocenters. The smallest absolute Gasteiger partial charge is 0.435 e. The van der Waals surface area contributed by atoms with Crippen LogP contribution in [0.1, 0.15) is 13.8 Å². The molecule has 1 aliphatic rings. The molecule has 0 saturated carbocycles. The number of amides is 1. The molecule has 0 aliphatic carbocycles. The van der Waals surface area contributed by atoms with E-state index in [4.69, 9.17) is 9.47 Å². The van der Waals surface area contributed by atoms with Crippen LogP contribution >= 0.6 is 0 Å². The monoisotopic (exact) mass is 200 g/mol. The fourth-order valence-corrected chi connectivity index (χ4v) is 1.25. The molecule has 0 N–H and O–H groups in total. The van der Waals surface area contributed by atoms with E-state index >= 15 is 0 Å². The van der Waals surface area contributed by atoms with E-state index < -0.39 is 6.09 Å². The largest absolute Gasteiger partial charge is 0.448 e. The molecule has 0 unspecified atom stereocenters. The molecule has 0 radical (unpaired) electrons. The minimum absolute atomic E-state index is 0.360. The Morgan fingerprint density at radius 2 is 2.14 bits per heavy atom. The van der Waals surface area contributed by atoms with Gasteiger partial charge >= 0.3 is 6.09 Å². The number of carbonyl (C=O) groups is 1. The Balaban J connectivity index is 2.44. The third kappa shape index (κ3) is 3.33. The van der Waals surface area contributed by atoms with Gasteiger partial charge in [0.05, 0.1) is 19.8 Å². The summed E-state index contributed by atoms with van der Waals surface area (Å²) in [7, 11) is 0. The highest BCUT2D eigenvalue weighted by atomic mass is 16.5. The summed E-state index contributed by atoms with van der Waals surface area (Å²) in [6.45, 7) is 6.88. The molecule has 0 spiro atoms. The molecule has 1 heterocycles. The predicted molar refractivity (Wildman–Crippen MR) is 52.5 cm³/mol. The van der Waals surface area contributed by atoms with Crippen LogP contribution in [0.15, 0.2) is 4.99 Å². The zero-order valence-electron chi connectivity index (χ0n) is 8.65. The van der Waals surface area contributed by atoms with Crippen LogP contribution in [0.25, 0.3) is 0 Å². The van der Waals surface area contributed by atoms with Gasteiger partial charge in [0.2, 0.25) is 0 Å². The molecular weight excluding hydrogens is 184 g/mol. The number of morpholine rings is 1. The van der Waals surface area contributed by atoms with Crippen LogP contribution < -0.4 is 0 Å². The Morgan fingerprint density at radius 3 is 2.71 bits per heavy atom. The van der Waals surface area contributed by atoms with Gasteiger partial charge in [0.15, 0.2) is 0 Å². The van der Waals surface area contributed by atoms with Crippen LogP contribution in [-0.4, -0.2) is 49.7 Å². The summed E-state index contributed by atoms with van der Waals surface area (Å²) in [4.78, 5) is 16.9. The lowest BCUT2D eigenvalue weighted by Gasteiger charge is -2.27. The molecule has 5 nitrogen and oxygen atoms in total.